The molecule has 0 saturated carbocycles. The molecule has 0 bridgehead atoms. The average Bonchev–Trinajstić information content (AvgIpc) is 2.46. The third kappa shape index (κ3) is 6.06. The van der Waals surface area contributed by atoms with Gasteiger partial charge in [-0.1, -0.05) is 0 Å². The fourth-order valence-corrected chi connectivity index (χ4v) is 1.67. The topological polar surface area (TPSA) is 111 Å². The van der Waals surface area contributed by atoms with Crippen molar-refractivity contribution in [2.24, 2.45) is 0 Å². The highest BCUT2D eigenvalue weighted by Gasteiger charge is 2.15. The molecule has 0 aromatic heterocycles. The lowest BCUT2D eigenvalue weighted by Gasteiger charge is -2.07. The third-order valence-electron chi connectivity index (χ3n) is 2.66. The van der Waals surface area contributed by atoms with Gasteiger partial charge < -0.3 is 15.4 Å². The highest BCUT2D eigenvalue weighted by Crippen LogP contribution is 2.21. The molecule has 0 aliphatic rings. The normalized spacial score (nSPS) is 9.55. The molecule has 1 amide bonds. The van der Waals surface area contributed by atoms with Gasteiger partial charge in [-0.25, -0.2) is 4.79 Å². The molecule has 8 nitrogen and oxygen atoms in total. The molecule has 0 heterocycles. The van der Waals surface area contributed by atoms with E-state index in [0.29, 0.717) is 13.0 Å². The van der Waals surface area contributed by atoms with E-state index in [9.17, 15) is 19.7 Å². The van der Waals surface area contributed by atoms with Crippen molar-refractivity contribution in [3.63, 3.8) is 0 Å². The lowest BCUT2D eigenvalue weighted by atomic mass is 10.1. The average molecular weight is 332 g/mol. The maximum atomic E-state index is 11.7. The number of nitrogens with one attached hydrogen (secondary N) is 2. The summed E-state index contributed by atoms with van der Waals surface area (Å²) in [7, 11) is 2.96. The number of benzene rings is 1. The molecule has 0 aliphatic heterocycles. The van der Waals surface area contributed by atoms with Crippen molar-refractivity contribution in [1.82, 2.24) is 5.32 Å². The van der Waals surface area contributed by atoms with E-state index in [1.54, 1.807) is 7.05 Å². The smallest absolute Gasteiger partial charge is 0.338 e. The van der Waals surface area contributed by atoms with Crippen LogP contribution in [0.1, 0.15) is 23.2 Å². The minimum atomic E-state index is -0.704. The van der Waals surface area contributed by atoms with Crippen LogP contribution in [0.15, 0.2) is 18.2 Å². The van der Waals surface area contributed by atoms with E-state index >= 15 is 0 Å². The molecule has 0 fully saturated rings. The molecular weight excluding hydrogens is 314 g/mol. The number of anilines is 1. The maximum Gasteiger partial charge on any atom is 0.338 e. The summed E-state index contributed by atoms with van der Waals surface area (Å²) in [6, 6.07) is 3.64. The molecule has 0 unspecified atom stereocenters. The number of carbonyl (C=O) groups excluding carboxylic acids is 2. The van der Waals surface area contributed by atoms with Crippen molar-refractivity contribution < 1.29 is 19.2 Å². The van der Waals surface area contributed by atoms with E-state index in [-0.39, 0.29) is 41.7 Å². The van der Waals surface area contributed by atoms with Crippen LogP contribution in [0, 0.1) is 10.1 Å². The Bertz CT molecular complexity index is 550. The number of ether oxygens (including phenoxy) is 1. The number of carbonyl (C=O) groups is 2. The Hall–Kier alpha value is -2.19. The van der Waals surface area contributed by atoms with Crippen LogP contribution in [-0.2, 0) is 9.53 Å². The van der Waals surface area contributed by atoms with E-state index in [0.717, 1.165) is 6.07 Å². The second kappa shape index (κ2) is 9.69. The van der Waals surface area contributed by atoms with Crippen molar-refractivity contribution >= 4 is 35.7 Å². The minimum absolute atomic E-state index is 0. The van der Waals surface area contributed by atoms with Crippen LogP contribution >= 0.6 is 12.4 Å². The minimum Gasteiger partial charge on any atom is -0.465 e. The first-order chi connectivity index (χ1) is 9.97. The number of non-ortho nitro benzene ring substituents is 1. The van der Waals surface area contributed by atoms with Crippen LogP contribution < -0.4 is 10.6 Å². The number of nitrogens with zero attached hydrogens (tertiary/aromatic N) is 1. The van der Waals surface area contributed by atoms with Crippen molar-refractivity contribution in [3.8, 4) is 0 Å². The fourth-order valence-electron chi connectivity index (χ4n) is 1.67. The summed E-state index contributed by atoms with van der Waals surface area (Å²) in [6.07, 6.45) is 0.915. The van der Waals surface area contributed by atoms with E-state index in [4.69, 9.17) is 0 Å². The Labute approximate surface area is 133 Å². The number of hydrogen-bond acceptors (Lipinski definition) is 6. The van der Waals surface area contributed by atoms with Gasteiger partial charge >= 0.3 is 5.97 Å². The zero-order chi connectivity index (χ0) is 15.8. The third-order valence-corrected chi connectivity index (χ3v) is 2.66. The van der Waals surface area contributed by atoms with E-state index in [1.165, 1.54) is 19.2 Å². The summed E-state index contributed by atoms with van der Waals surface area (Å²) in [5.74, 6) is -0.981. The molecular formula is C13H18ClN3O5. The highest BCUT2D eigenvalue weighted by atomic mass is 35.5. The number of methoxy groups -OCH3 is 1. The summed E-state index contributed by atoms with van der Waals surface area (Å²) in [6.45, 7) is 0.690. The number of halogens is 1. The van der Waals surface area contributed by atoms with Gasteiger partial charge in [-0.15, -0.1) is 12.4 Å². The molecule has 2 N–H and O–H groups in total. The molecule has 0 radical (unpaired) electrons. The van der Waals surface area contributed by atoms with Crippen LogP contribution in [0.3, 0.4) is 0 Å². The Balaban J connectivity index is 0.00000441. The van der Waals surface area contributed by atoms with Gasteiger partial charge in [0.25, 0.3) is 5.69 Å². The van der Waals surface area contributed by atoms with Crippen molar-refractivity contribution in [3.05, 3.63) is 33.9 Å². The second-order valence-electron chi connectivity index (χ2n) is 4.27. The SMILES string of the molecule is CNCCCC(=O)Nc1cc(C(=O)OC)cc([N+](=O)[O-])c1.Cl. The Morgan fingerprint density at radius 1 is 1.32 bits per heavy atom. The van der Waals surface area contributed by atoms with Crippen LogP contribution in [0.2, 0.25) is 0 Å². The Morgan fingerprint density at radius 2 is 2.00 bits per heavy atom. The van der Waals surface area contributed by atoms with Crippen LogP contribution in [0.4, 0.5) is 11.4 Å². The van der Waals surface area contributed by atoms with Gasteiger partial charge in [0.1, 0.15) is 0 Å². The molecule has 1 aromatic rings. The molecule has 1 rings (SSSR count). The van der Waals surface area contributed by atoms with E-state index in [2.05, 4.69) is 15.4 Å². The number of nitro benzene ring substituents is 1. The van der Waals surface area contributed by atoms with Gasteiger partial charge in [0.15, 0.2) is 0 Å². The standard InChI is InChI=1S/C13H17N3O5.ClH/c1-14-5-3-4-12(17)15-10-6-9(13(18)21-2)7-11(8-10)16(19)20;/h6-8,14H,3-5H2,1-2H3,(H,15,17);1H. The van der Waals surface area contributed by atoms with Gasteiger partial charge in [0.05, 0.1) is 17.6 Å². The fraction of sp³-hybridized carbons (Fsp3) is 0.385. The predicted molar refractivity (Wildman–Crippen MR) is 83.5 cm³/mol. The van der Waals surface area contributed by atoms with Gasteiger partial charge in [-0.05, 0) is 26.1 Å². The largest absolute Gasteiger partial charge is 0.465 e. The number of nitro groups is 1. The molecule has 0 spiro atoms. The van der Waals surface area contributed by atoms with Gasteiger partial charge in [-0.3, -0.25) is 14.9 Å². The Kier molecular flexibility index (Phi) is 8.73. The number of esters is 1. The van der Waals surface area contributed by atoms with Crippen LogP contribution in [0.5, 0.6) is 0 Å². The number of hydrogen-bond donors (Lipinski definition) is 2. The first kappa shape index (κ1) is 19.8. The first-order valence-corrected chi connectivity index (χ1v) is 6.30. The number of amides is 1. The van der Waals surface area contributed by atoms with Crippen LogP contribution in [0.25, 0.3) is 0 Å². The van der Waals surface area contributed by atoms with Gasteiger partial charge in [0, 0.05) is 24.2 Å². The highest BCUT2D eigenvalue weighted by molar-refractivity contribution is 5.95. The van der Waals surface area contributed by atoms with Gasteiger partial charge in [0.2, 0.25) is 5.91 Å². The monoisotopic (exact) mass is 331 g/mol. The lowest BCUT2D eigenvalue weighted by Crippen LogP contribution is -2.15. The first-order valence-electron chi connectivity index (χ1n) is 6.30. The van der Waals surface area contributed by atoms with Crippen molar-refractivity contribution in [2.45, 2.75) is 12.8 Å². The summed E-state index contributed by atoms with van der Waals surface area (Å²) in [5.41, 5.74) is -0.0836. The van der Waals surface area contributed by atoms with Crippen molar-refractivity contribution in [1.29, 1.82) is 0 Å². The Morgan fingerprint density at radius 3 is 2.55 bits per heavy atom. The van der Waals surface area contributed by atoms with E-state index < -0.39 is 10.9 Å². The maximum absolute atomic E-state index is 11.7. The molecule has 0 saturated heterocycles. The predicted octanol–water partition coefficient (Wildman–Crippen LogP) is 1.74. The molecule has 0 aliphatic carbocycles. The summed E-state index contributed by atoms with van der Waals surface area (Å²) in [4.78, 5) is 33.4. The second-order valence-corrected chi connectivity index (χ2v) is 4.27. The number of rotatable bonds is 7. The zero-order valence-corrected chi connectivity index (χ0v) is 13.1. The van der Waals surface area contributed by atoms with Gasteiger partial charge in [-0.2, -0.15) is 0 Å². The van der Waals surface area contributed by atoms with Crippen molar-refractivity contribution in [2.75, 3.05) is 26.0 Å². The molecule has 122 valence electrons. The summed E-state index contributed by atoms with van der Waals surface area (Å²) < 4.78 is 4.53. The van der Waals surface area contributed by atoms with E-state index in [1.807, 2.05) is 0 Å². The molecule has 9 heteroatoms. The summed E-state index contributed by atoms with van der Waals surface area (Å²) >= 11 is 0. The quantitative estimate of drug-likeness (QED) is 0.341. The molecule has 22 heavy (non-hydrogen) atoms. The van der Waals surface area contributed by atoms with Crippen LogP contribution in [-0.4, -0.2) is 37.5 Å². The lowest BCUT2D eigenvalue weighted by molar-refractivity contribution is -0.384. The zero-order valence-electron chi connectivity index (χ0n) is 12.3. The summed E-state index contributed by atoms with van der Waals surface area (Å²) in [5, 5.41) is 16.3. The molecule has 0 atom stereocenters. The molecule has 1 aromatic carbocycles.